The molecule has 0 aliphatic carbocycles. The monoisotopic (exact) mass is 338 g/mol. The van der Waals surface area contributed by atoms with Crippen molar-refractivity contribution in [3.8, 4) is 0 Å². The molecule has 6 nitrogen and oxygen atoms in total. The predicted molar refractivity (Wildman–Crippen MR) is 82.0 cm³/mol. The summed E-state index contributed by atoms with van der Waals surface area (Å²) in [5.41, 5.74) is -0.0296. The minimum atomic E-state index is -3.65. The van der Waals surface area contributed by atoms with Gasteiger partial charge in [-0.3, -0.25) is 9.03 Å². The predicted octanol–water partition coefficient (Wildman–Crippen LogP) is 1.76. The van der Waals surface area contributed by atoms with Crippen molar-refractivity contribution in [2.24, 2.45) is 0 Å². The van der Waals surface area contributed by atoms with Gasteiger partial charge < -0.3 is 0 Å². The Morgan fingerprint density at radius 1 is 1.24 bits per heavy atom. The Bertz CT molecular complexity index is 702. The van der Waals surface area contributed by atoms with Crippen molar-refractivity contribution in [3.63, 3.8) is 0 Å². The van der Waals surface area contributed by atoms with Gasteiger partial charge in [0.1, 0.15) is 5.82 Å². The zero-order valence-electron chi connectivity index (χ0n) is 12.1. The molecule has 21 heavy (non-hydrogen) atoms. The first-order valence-corrected chi connectivity index (χ1v) is 9.81. The molecule has 0 spiro atoms. The highest BCUT2D eigenvalue weighted by Gasteiger charge is 2.19. The first-order chi connectivity index (χ1) is 9.57. The highest BCUT2D eigenvalue weighted by Crippen LogP contribution is 2.28. The number of nitrogens with one attached hydrogen (secondary N) is 1. The maximum atomic E-state index is 13.3. The molecular weight excluding hydrogens is 319 g/mol. The van der Waals surface area contributed by atoms with Gasteiger partial charge in [-0.1, -0.05) is 13.3 Å². The van der Waals surface area contributed by atoms with Gasteiger partial charge in [0.15, 0.2) is 0 Å². The number of benzene rings is 1. The molecule has 0 aliphatic rings. The molecule has 1 rings (SSSR count). The summed E-state index contributed by atoms with van der Waals surface area (Å²) in [5.74, 6) is -0.768. The van der Waals surface area contributed by atoms with Crippen LogP contribution in [0.15, 0.2) is 18.2 Å². The molecule has 0 heterocycles. The number of nitrogens with zero attached hydrogens (tertiary/aromatic N) is 1. The maximum absolute atomic E-state index is 13.3. The lowest BCUT2D eigenvalue weighted by Crippen LogP contribution is -2.27. The zero-order chi connectivity index (χ0) is 16.3. The van der Waals surface area contributed by atoms with Crippen LogP contribution < -0.4 is 9.03 Å². The van der Waals surface area contributed by atoms with Crippen LogP contribution in [0.5, 0.6) is 0 Å². The highest BCUT2D eigenvalue weighted by molar-refractivity contribution is 7.93. The van der Waals surface area contributed by atoms with Gasteiger partial charge in [0.05, 0.1) is 23.4 Å². The number of rotatable bonds is 7. The van der Waals surface area contributed by atoms with E-state index in [0.29, 0.717) is 12.8 Å². The summed E-state index contributed by atoms with van der Waals surface area (Å²) in [7, 11) is -5.97. The summed E-state index contributed by atoms with van der Waals surface area (Å²) in [6.07, 6.45) is 2.13. The van der Waals surface area contributed by atoms with Gasteiger partial charge >= 0.3 is 0 Å². The van der Waals surface area contributed by atoms with Crippen molar-refractivity contribution in [2.75, 3.05) is 28.1 Å². The van der Waals surface area contributed by atoms with E-state index in [2.05, 4.69) is 4.72 Å². The Kier molecular flexibility index (Phi) is 5.57. The summed E-state index contributed by atoms with van der Waals surface area (Å²) in [6, 6.07) is 3.25. The number of anilines is 2. The third-order valence-electron chi connectivity index (χ3n) is 2.83. The zero-order valence-corrected chi connectivity index (χ0v) is 13.8. The lowest BCUT2D eigenvalue weighted by atomic mass is 10.2. The third-order valence-corrected chi connectivity index (χ3v) is 5.38. The summed E-state index contributed by atoms with van der Waals surface area (Å²) >= 11 is 0. The van der Waals surface area contributed by atoms with E-state index < -0.39 is 25.9 Å². The van der Waals surface area contributed by atoms with Gasteiger partial charge in [0, 0.05) is 13.1 Å². The Labute approximate surface area is 125 Å². The lowest BCUT2D eigenvalue weighted by molar-refractivity contribution is 0.596. The van der Waals surface area contributed by atoms with Crippen molar-refractivity contribution < 1.29 is 21.2 Å². The Hall–Kier alpha value is -1.35. The molecule has 1 N–H and O–H groups in total. The van der Waals surface area contributed by atoms with E-state index in [1.54, 1.807) is 0 Å². The molecule has 9 heteroatoms. The van der Waals surface area contributed by atoms with Gasteiger partial charge in [0.2, 0.25) is 20.0 Å². The van der Waals surface area contributed by atoms with Gasteiger partial charge in [-0.25, -0.2) is 21.2 Å². The molecule has 0 atom stereocenters. The topological polar surface area (TPSA) is 83.6 Å². The molecule has 0 aromatic heterocycles. The molecule has 0 aliphatic heterocycles. The number of sulfonamides is 2. The molecule has 0 saturated heterocycles. The molecule has 0 bridgehead atoms. The number of unbranched alkanes of at least 4 members (excludes halogenated alkanes) is 1. The number of hydrogen-bond donors (Lipinski definition) is 1. The van der Waals surface area contributed by atoms with Gasteiger partial charge in [-0.2, -0.15) is 0 Å². The van der Waals surface area contributed by atoms with Crippen LogP contribution in [0.1, 0.15) is 19.8 Å². The van der Waals surface area contributed by atoms with Crippen LogP contribution >= 0.6 is 0 Å². The Morgan fingerprint density at radius 2 is 1.86 bits per heavy atom. The number of halogens is 1. The van der Waals surface area contributed by atoms with Crippen LogP contribution in [0.3, 0.4) is 0 Å². The van der Waals surface area contributed by atoms with Crippen molar-refractivity contribution in [3.05, 3.63) is 24.0 Å². The molecule has 1 aromatic carbocycles. The van der Waals surface area contributed by atoms with Crippen molar-refractivity contribution in [1.29, 1.82) is 0 Å². The van der Waals surface area contributed by atoms with Crippen molar-refractivity contribution >= 4 is 31.4 Å². The van der Waals surface area contributed by atoms with Crippen molar-refractivity contribution in [1.82, 2.24) is 0 Å². The largest absolute Gasteiger partial charge is 0.281 e. The molecule has 1 aromatic rings. The first-order valence-electron chi connectivity index (χ1n) is 6.31. The van der Waals surface area contributed by atoms with Gasteiger partial charge in [-0.05, 0) is 18.6 Å². The molecule has 120 valence electrons. The van der Waals surface area contributed by atoms with Crippen LogP contribution in [0.25, 0.3) is 0 Å². The standard InChI is InChI=1S/C12H19FN2O4S2/c1-4-5-8-21(18,19)14-11-9-10(13)6-7-12(11)15(2)20(3,16)17/h6-7,9,14H,4-5,8H2,1-3H3. The molecule has 0 saturated carbocycles. The second kappa shape index (κ2) is 6.61. The Balaban J connectivity index is 3.20. The second-order valence-electron chi connectivity index (χ2n) is 4.67. The summed E-state index contributed by atoms with van der Waals surface area (Å²) < 4.78 is 63.4. The van der Waals surface area contributed by atoms with Crippen LogP contribution in [0, 0.1) is 5.82 Å². The Morgan fingerprint density at radius 3 is 2.38 bits per heavy atom. The quantitative estimate of drug-likeness (QED) is 0.821. The van der Waals surface area contributed by atoms with E-state index in [-0.39, 0.29) is 17.1 Å². The van der Waals surface area contributed by atoms with Crippen LogP contribution in [0.2, 0.25) is 0 Å². The second-order valence-corrected chi connectivity index (χ2v) is 8.52. The fourth-order valence-corrected chi connectivity index (χ4v) is 3.38. The molecule has 0 unspecified atom stereocenters. The van der Waals surface area contributed by atoms with E-state index in [1.165, 1.54) is 13.1 Å². The first kappa shape index (κ1) is 17.7. The van der Waals surface area contributed by atoms with Gasteiger partial charge in [0.25, 0.3) is 0 Å². The summed E-state index contributed by atoms with van der Waals surface area (Å²) in [6.45, 7) is 1.85. The van der Waals surface area contributed by atoms with Crippen LogP contribution in [-0.2, 0) is 20.0 Å². The minimum Gasteiger partial charge on any atom is -0.281 e. The van der Waals surface area contributed by atoms with Crippen molar-refractivity contribution in [2.45, 2.75) is 19.8 Å². The molecule has 0 amide bonds. The summed E-state index contributed by atoms with van der Waals surface area (Å²) in [4.78, 5) is 0. The third kappa shape index (κ3) is 5.16. The maximum Gasteiger partial charge on any atom is 0.232 e. The fourth-order valence-electron chi connectivity index (χ4n) is 1.60. The highest BCUT2D eigenvalue weighted by atomic mass is 32.2. The molecule has 0 radical (unpaired) electrons. The average Bonchev–Trinajstić information content (AvgIpc) is 2.34. The van der Waals surface area contributed by atoms with E-state index >= 15 is 0 Å². The molecular formula is C12H19FN2O4S2. The van der Waals surface area contributed by atoms with Gasteiger partial charge in [-0.15, -0.1) is 0 Å². The van der Waals surface area contributed by atoms with E-state index in [1.807, 2.05) is 6.92 Å². The average molecular weight is 338 g/mol. The van der Waals surface area contributed by atoms with E-state index in [0.717, 1.165) is 22.7 Å². The van der Waals surface area contributed by atoms with Crippen LogP contribution in [0.4, 0.5) is 15.8 Å². The van der Waals surface area contributed by atoms with Crippen LogP contribution in [-0.4, -0.2) is 35.9 Å². The van der Waals surface area contributed by atoms with E-state index in [4.69, 9.17) is 0 Å². The number of hydrogen-bond acceptors (Lipinski definition) is 4. The van der Waals surface area contributed by atoms with E-state index in [9.17, 15) is 21.2 Å². The SMILES string of the molecule is CCCCS(=O)(=O)Nc1cc(F)ccc1N(C)S(C)(=O)=O. The lowest BCUT2D eigenvalue weighted by Gasteiger charge is -2.21. The normalized spacial score (nSPS) is 12.2. The minimum absolute atomic E-state index is 0.0685. The summed E-state index contributed by atoms with van der Waals surface area (Å²) in [5, 5.41) is 0. The smallest absolute Gasteiger partial charge is 0.232 e. The molecule has 0 fully saturated rings. The fraction of sp³-hybridized carbons (Fsp3) is 0.500.